The number of phenolic OH excluding ortho intramolecular Hbond substituents is 2. The van der Waals surface area contributed by atoms with Crippen molar-refractivity contribution in [3.8, 4) is 17.2 Å². The number of ether oxygens (including phenoxy) is 1. The average Bonchev–Trinajstić information content (AvgIpc) is 3.14. The van der Waals surface area contributed by atoms with E-state index in [-0.39, 0.29) is 21.7 Å². The Kier molecular flexibility index (Phi) is 10.7. The molecule has 17 heteroatoms. The van der Waals surface area contributed by atoms with Crippen LogP contribution < -0.4 is 10.1 Å². The zero-order chi connectivity index (χ0) is 39.5. The second-order valence-electron chi connectivity index (χ2n) is 12.1. The fourth-order valence-corrected chi connectivity index (χ4v) is 6.54. The van der Waals surface area contributed by atoms with E-state index in [1.807, 2.05) is 30.3 Å². The van der Waals surface area contributed by atoms with Gasteiger partial charge < -0.3 is 20.3 Å². The number of nitrogens with zero attached hydrogens (tertiary/aromatic N) is 5. The predicted molar refractivity (Wildman–Crippen MR) is 208 cm³/mol. The summed E-state index contributed by atoms with van der Waals surface area (Å²) in [6, 6.07) is 26.7. The number of phenols is 2. The summed E-state index contributed by atoms with van der Waals surface area (Å²) in [5.74, 6) is -0.505. The lowest BCUT2D eigenvalue weighted by Gasteiger charge is -2.12. The molecule has 0 aliphatic carbocycles. The minimum atomic E-state index is -4.88. The van der Waals surface area contributed by atoms with Crippen LogP contribution in [0.5, 0.6) is 17.2 Å². The molecule has 0 amide bonds. The summed E-state index contributed by atoms with van der Waals surface area (Å²) >= 11 is 0. The first-order valence-electron chi connectivity index (χ1n) is 16.2. The van der Waals surface area contributed by atoms with Crippen LogP contribution in [0.3, 0.4) is 0 Å². The third-order valence-corrected chi connectivity index (χ3v) is 10.00. The molecule has 0 heterocycles. The zero-order valence-corrected chi connectivity index (χ0v) is 30.9. The van der Waals surface area contributed by atoms with Crippen molar-refractivity contribution in [3.05, 3.63) is 120 Å². The molecule has 5 N–H and O–H groups in total. The number of anilines is 2. The Hall–Kier alpha value is -6.53. The van der Waals surface area contributed by atoms with Gasteiger partial charge in [0.25, 0.3) is 20.2 Å². The zero-order valence-electron chi connectivity index (χ0n) is 29.3. The molecule has 6 aromatic rings. The van der Waals surface area contributed by atoms with E-state index in [0.717, 1.165) is 5.69 Å². The Balaban J connectivity index is 1.25. The number of hydrogen-bond acceptors (Lipinski definition) is 13. The van der Waals surface area contributed by atoms with E-state index in [0.29, 0.717) is 50.6 Å². The van der Waals surface area contributed by atoms with Crippen molar-refractivity contribution in [2.45, 2.75) is 23.6 Å². The number of methoxy groups -OCH3 is 1. The van der Waals surface area contributed by atoms with E-state index in [1.165, 1.54) is 55.8 Å². The standard InChI is InChI=1S/C38H32N6O9S2/c1-22-15-32(43-44-37-36(55(50,51)52)19-24-17-28(11-14-30(24)38(37)46)40-26-7-5-4-6-8-26)34(45)18-25(22)21-39-33-16-23(2)31(20-35(33)53-3)42-41-27-9-12-29(13-10-27)54(47,48)49/h4-21,40,45-46H,1-3H3,(H,47,48,49)(H,50,51,52). The van der Waals surface area contributed by atoms with Crippen LogP contribution >= 0.6 is 0 Å². The maximum atomic E-state index is 12.4. The minimum Gasteiger partial charge on any atom is -0.506 e. The first kappa shape index (κ1) is 38.2. The molecule has 0 bridgehead atoms. The fourth-order valence-electron chi connectivity index (χ4n) is 5.40. The van der Waals surface area contributed by atoms with Crippen molar-refractivity contribution < 1.29 is 40.9 Å². The second kappa shape index (κ2) is 15.4. The van der Waals surface area contributed by atoms with Gasteiger partial charge in [-0.2, -0.15) is 27.1 Å². The molecule has 0 atom stereocenters. The van der Waals surface area contributed by atoms with Crippen LogP contribution in [-0.4, -0.2) is 49.5 Å². The second-order valence-corrected chi connectivity index (χ2v) is 14.9. The van der Waals surface area contributed by atoms with Gasteiger partial charge in [0.15, 0.2) is 5.75 Å². The third kappa shape index (κ3) is 8.82. The highest BCUT2D eigenvalue weighted by molar-refractivity contribution is 7.86. The molecule has 0 fully saturated rings. The van der Waals surface area contributed by atoms with E-state index in [4.69, 9.17) is 9.29 Å². The summed E-state index contributed by atoms with van der Waals surface area (Å²) in [6.45, 7) is 3.51. The van der Waals surface area contributed by atoms with Crippen LogP contribution in [0.25, 0.3) is 10.8 Å². The van der Waals surface area contributed by atoms with Gasteiger partial charge in [-0.15, -0.1) is 10.2 Å². The molecule has 0 saturated heterocycles. The Labute approximate surface area is 315 Å². The normalized spacial score (nSPS) is 12.3. The first-order chi connectivity index (χ1) is 26.1. The molecule has 15 nitrogen and oxygen atoms in total. The first-order valence-corrected chi connectivity index (χ1v) is 19.1. The molecule has 0 radical (unpaired) electrons. The van der Waals surface area contributed by atoms with Crippen LogP contribution in [0, 0.1) is 13.8 Å². The van der Waals surface area contributed by atoms with Crippen molar-refractivity contribution in [2.75, 3.05) is 12.4 Å². The minimum absolute atomic E-state index is 0.0476. The van der Waals surface area contributed by atoms with E-state index < -0.39 is 36.6 Å². The Morgan fingerprint density at radius 2 is 1.36 bits per heavy atom. The molecule has 0 aliphatic rings. The molecule has 55 heavy (non-hydrogen) atoms. The van der Waals surface area contributed by atoms with Gasteiger partial charge in [0.1, 0.15) is 33.5 Å². The molecule has 0 aromatic heterocycles. The summed E-state index contributed by atoms with van der Waals surface area (Å²) in [5.41, 5.74) is 3.87. The molecule has 280 valence electrons. The molecular weight excluding hydrogens is 749 g/mol. The molecule has 6 aromatic carbocycles. The lowest BCUT2D eigenvalue weighted by Crippen LogP contribution is -1.99. The molecule has 0 spiro atoms. The van der Waals surface area contributed by atoms with Crippen LogP contribution in [0.1, 0.15) is 16.7 Å². The Morgan fingerprint density at radius 1 is 0.673 bits per heavy atom. The maximum Gasteiger partial charge on any atom is 0.296 e. The van der Waals surface area contributed by atoms with Crippen molar-refractivity contribution in [3.63, 3.8) is 0 Å². The van der Waals surface area contributed by atoms with Gasteiger partial charge in [-0.25, -0.2) is 0 Å². The number of para-hydroxylation sites is 1. The molecule has 0 saturated carbocycles. The third-order valence-electron chi connectivity index (χ3n) is 8.26. The number of hydrogen-bond donors (Lipinski definition) is 5. The van der Waals surface area contributed by atoms with Gasteiger partial charge in [0, 0.05) is 29.0 Å². The monoisotopic (exact) mass is 780 g/mol. The van der Waals surface area contributed by atoms with Crippen LogP contribution in [0.2, 0.25) is 0 Å². The largest absolute Gasteiger partial charge is 0.506 e. The highest BCUT2D eigenvalue weighted by Crippen LogP contribution is 2.43. The fraction of sp³-hybridized carbons (Fsp3) is 0.0789. The van der Waals surface area contributed by atoms with E-state index in [2.05, 4.69) is 30.8 Å². The SMILES string of the molecule is COc1cc(N=Nc2ccc(S(=O)(=O)O)cc2)c(C)cc1N=Cc1cc(O)c(N=Nc2c(S(=O)(=O)O)cc3cc(Nc4ccccc4)ccc3c2O)cc1C. The molecule has 6 rings (SSSR count). The number of nitrogens with one attached hydrogen (secondary N) is 1. The van der Waals surface area contributed by atoms with Gasteiger partial charge in [-0.05, 0) is 115 Å². The summed E-state index contributed by atoms with van der Waals surface area (Å²) < 4.78 is 72.2. The molecule has 0 unspecified atom stereocenters. The smallest absolute Gasteiger partial charge is 0.296 e. The summed E-state index contributed by atoms with van der Waals surface area (Å²) in [5, 5.41) is 42.1. The van der Waals surface area contributed by atoms with E-state index >= 15 is 0 Å². The van der Waals surface area contributed by atoms with Crippen molar-refractivity contribution in [2.24, 2.45) is 25.4 Å². The molecular formula is C38H32N6O9S2. The van der Waals surface area contributed by atoms with Gasteiger partial charge in [0.2, 0.25) is 0 Å². The Morgan fingerprint density at radius 3 is 2.04 bits per heavy atom. The summed E-state index contributed by atoms with van der Waals surface area (Å²) in [6.07, 6.45) is 1.50. The Bertz CT molecular complexity index is 2760. The van der Waals surface area contributed by atoms with E-state index in [9.17, 15) is 31.6 Å². The number of fused-ring (bicyclic) bond motifs is 1. The number of benzene rings is 6. The predicted octanol–water partition coefficient (Wildman–Crippen LogP) is 9.69. The molecule has 0 aliphatic heterocycles. The topological polar surface area (TPSA) is 232 Å². The summed E-state index contributed by atoms with van der Waals surface area (Å²) in [4.78, 5) is 3.59. The van der Waals surface area contributed by atoms with E-state index in [1.54, 1.807) is 44.2 Å². The number of aromatic hydroxyl groups is 2. The van der Waals surface area contributed by atoms with Crippen LogP contribution in [-0.2, 0) is 20.2 Å². The number of aliphatic imine (C=N–C) groups is 1. The van der Waals surface area contributed by atoms with Gasteiger partial charge >= 0.3 is 0 Å². The quantitative estimate of drug-likeness (QED) is 0.0474. The highest BCUT2D eigenvalue weighted by Gasteiger charge is 2.22. The lowest BCUT2D eigenvalue weighted by molar-refractivity contribution is 0.416. The van der Waals surface area contributed by atoms with Gasteiger partial charge in [0.05, 0.1) is 23.4 Å². The van der Waals surface area contributed by atoms with Crippen LogP contribution in [0.4, 0.5) is 39.8 Å². The average molecular weight is 781 g/mol. The number of rotatable bonds is 11. The lowest BCUT2D eigenvalue weighted by atomic mass is 10.1. The maximum absolute atomic E-state index is 12.4. The van der Waals surface area contributed by atoms with Crippen molar-refractivity contribution in [1.29, 1.82) is 0 Å². The van der Waals surface area contributed by atoms with Crippen LogP contribution in [0.15, 0.2) is 138 Å². The number of azo groups is 2. The summed E-state index contributed by atoms with van der Waals surface area (Å²) in [7, 11) is -7.76. The van der Waals surface area contributed by atoms with Crippen molar-refractivity contribution >= 4 is 77.0 Å². The van der Waals surface area contributed by atoms with Gasteiger partial charge in [-0.1, -0.05) is 18.2 Å². The highest BCUT2D eigenvalue weighted by atomic mass is 32.2. The van der Waals surface area contributed by atoms with Crippen molar-refractivity contribution in [1.82, 2.24) is 0 Å². The number of aryl methyl sites for hydroxylation is 2. The van der Waals surface area contributed by atoms with Gasteiger partial charge in [-0.3, -0.25) is 14.1 Å².